The Morgan fingerprint density at radius 1 is 1.19 bits per heavy atom. The van der Waals surface area contributed by atoms with Crippen LogP contribution in [0.2, 0.25) is 5.02 Å². The number of sulfonamides is 1. The first-order valence-corrected chi connectivity index (χ1v) is 10.0. The Bertz CT molecular complexity index is 931. The zero-order valence-corrected chi connectivity index (χ0v) is 15.6. The molecule has 138 valence electrons. The zero-order valence-electron chi connectivity index (χ0n) is 14.0. The van der Waals surface area contributed by atoms with Crippen molar-refractivity contribution < 1.29 is 18.3 Å². The van der Waals surface area contributed by atoms with Crippen LogP contribution < -0.4 is 4.72 Å². The molecule has 1 heterocycles. The first-order chi connectivity index (χ1) is 12.4. The van der Waals surface area contributed by atoms with Crippen LogP contribution in [0, 0.1) is 0 Å². The summed E-state index contributed by atoms with van der Waals surface area (Å²) in [5.41, 5.74) is 2.37. The van der Waals surface area contributed by atoms with Crippen molar-refractivity contribution in [2.24, 2.45) is 0 Å². The first-order valence-electron chi connectivity index (χ1n) is 8.18. The fourth-order valence-electron chi connectivity index (χ4n) is 3.00. The predicted molar refractivity (Wildman–Crippen MR) is 99.0 cm³/mol. The molecule has 1 aliphatic rings. The number of halogens is 1. The summed E-state index contributed by atoms with van der Waals surface area (Å²) < 4.78 is 27.3. The van der Waals surface area contributed by atoms with Crippen LogP contribution in [0.5, 0.6) is 0 Å². The van der Waals surface area contributed by atoms with E-state index in [1.807, 2.05) is 12.1 Å². The van der Waals surface area contributed by atoms with Gasteiger partial charge in [-0.1, -0.05) is 35.9 Å². The molecule has 0 atom stereocenters. The van der Waals surface area contributed by atoms with Crippen LogP contribution in [0.15, 0.2) is 47.4 Å². The molecule has 26 heavy (non-hydrogen) atoms. The molecule has 2 N–H and O–H groups in total. The minimum absolute atomic E-state index is 0.00318. The molecule has 0 unspecified atom stereocenters. The lowest BCUT2D eigenvalue weighted by atomic mass is 10.0. The lowest BCUT2D eigenvalue weighted by Gasteiger charge is -2.28. The summed E-state index contributed by atoms with van der Waals surface area (Å²) in [7, 11) is -3.79. The highest BCUT2D eigenvalue weighted by atomic mass is 35.5. The summed E-state index contributed by atoms with van der Waals surface area (Å²) in [4.78, 5) is 13.2. The minimum Gasteiger partial charge on any atom is -0.478 e. The van der Waals surface area contributed by atoms with Gasteiger partial charge >= 0.3 is 5.97 Å². The molecule has 0 amide bonds. The summed E-state index contributed by atoms with van der Waals surface area (Å²) in [5, 5.41) is 9.08. The molecular formula is C18H19ClN2O4S. The van der Waals surface area contributed by atoms with Gasteiger partial charge in [-0.25, -0.2) is 17.9 Å². The van der Waals surface area contributed by atoms with Crippen LogP contribution in [-0.2, 0) is 23.0 Å². The molecule has 8 heteroatoms. The van der Waals surface area contributed by atoms with Gasteiger partial charge in [-0.2, -0.15) is 0 Å². The number of hydrogen-bond acceptors (Lipinski definition) is 4. The standard InChI is InChI=1S/C18H19ClN2O4S/c19-17-6-5-15(11-16(17)18(22)23)26(24,25)20-8-10-21-9-7-13-3-1-2-4-14(13)12-21/h1-6,11,20H,7-10,12H2,(H,22,23). The highest BCUT2D eigenvalue weighted by Gasteiger charge is 2.20. The van der Waals surface area contributed by atoms with Crippen molar-refractivity contribution in [3.05, 3.63) is 64.2 Å². The molecule has 2 aromatic rings. The summed E-state index contributed by atoms with van der Waals surface area (Å²) >= 11 is 5.79. The summed E-state index contributed by atoms with van der Waals surface area (Å²) in [6, 6.07) is 11.9. The third-order valence-electron chi connectivity index (χ3n) is 4.41. The molecule has 0 bridgehead atoms. The van der Waals surface area contributed by atoms with E-state index in [0.29, 0.717) is 6.54 Å². The van der Waals surface area contributed by atoms with Gasteiger partial charge in [-0.3, -0.25) is 4.90 Å². The number of carboxylic acids is 1. The quantitative estimate of drug-likeness (QED) is 0.785. The molecule has 6 nitrogen and oxygen atoms in total. The number of hydrogen-bond donors (Lipinski definition) is 2. The second-order valence-electron chi connectivity index (χ2n) is 6.14. The maximum atomic E-state index is 12.4. The van der Waals surface area contributed by atoms with Crippen LogP contribution in [0.3, 0.4) is 0 Å². The molecule has 0 saturated carbocycles. The Hall–Kier alpha value is -1.93. The van der Waals surface area contributed by atoms with E-state index in [2.05, 4.69) is 21.8 Å². The van der Waals surface area contributed by atoms with Gasteiger partial charge in [-0.15, -0.1) is 0 Å². The van der Waals surface area contributed by atoms with Crippen LogP contribution in [0.1, 0.15) is 21.5 Å². The number of rotatable bonds is 6. The molecule has 0 spiro atoms. The molecule has 1 aliphatic heterocycles. The van der Waals surface area contributed by atoms with Crippen molar-refractivity contribution >= 4 is 27.6 Å². The normalized spacial score (nSPS) is 14.8. The fourth-order valence-corrected chi connectivity index (χ4v) is 4.25. The summed E-state index contributed by atoms with van der Waals surface area (Å²) in [6.07, 6.45) is 0.947. The number of nitrogens with one attached hydrogen (secondary N) is 1. The smallest absolute Gasteiger partial charge is 0.337 e. The number of benzene rings is 2. The largest absolute Gasteiger partial charge is 0.478 e. The molecular weight excluding hydrogens is 376 g/mol. The van der Waals surface area contributed by atoms with E-state index in [0.717, 1.165) is 25.6 Å². The van der Waals surface area contributed by atoms with Gasteiger partial charge in [0.05, 0.1) is 15.5 Å². The molecule has 0 aliphatic carbocycles. The summed E-state index contributed by atoms with van der Waals surface area (Å²) in [5.74, 6) is -1.26. The average molecular weight is 395 g/mol. The van der Waals surface area contributed by atoms with Gasteiger partial charge < -0.3 is 5.11 Å². The van der Waals surface area contributed by atoms with Crippen molar-refractivity contribution in [1.29, 1.82) is 0 Å². The van der Waals surface area contributed by atoms with E-state index in [1.165, 1.54) is 23.3 Å². The highest BCUT2D eigenvalue weighted by molar-refractivity contribution is 7.89. The maximum absolute atomic E-state index is 12.4. The lowest BCUT2D eigenvalue weighted by Crippen LogP contribution is -2.37. The van der Waals surface area contributed by atoms with Crippen molar-refractivity contribution in [2.45, 2.75) is 17.9 Å². The Balaban J connectivity index is 1.61. The fraction of sp³-hybridized carbons (Fsp3) is 0.278. The van der Waals surface area contributed by atoms with E-state index >= 15 is 0 Å². The van der Waals surface area contributed by atoms with Gasteiger partial charge in [0.15, 0.2) is 0 Å². The van der Waals surface area contributed by atoms with E-state index in [-0.39, 0.29) is 22.0 Å². The van der Waals surface area contributed by atoms with Crippen LogP contribution in [0.25, 0.3) is 0 Å². The van der Waals surface area contributed by atoms with Crippen molar-refractivity contribution in [1.82, 2.24) is 9.62 Å². The van der Waals surface area contributed by atoms with Gasteiger partial charge in [0.25, 0.3) is 0 Å². The van der Waals surface area contributed by atoms with Crippen LogP contribution in [0.4, 0.5) is 0 Å². The maximum Gasteiger partial charge on any atom is 0.337 e. The van der Waals surface area contributed by atoms with Crippen LogP contribution >= 0.6 is 11.6 Å². The number of carbonyl (C=O) groups is 1. The van der Waals surface area contributed by atoms with Crippen LogP contribution in [-0.4, -0.2) is 44.0 Å². The van der Waals surface area contributed by atoms with Gasteiger partial charge in [0.1, 0.15) is 0 Å². The monoisotopic (exact) mass is 394 g/mol. The molecule has 2 aromatic carbocycles. The average Bonchev–Trinajstić information content (AvgIpc) is 2.61. The Labute approximate surface area is 157 Å². The van der Waals surface area contributed by atoms with Crippen molar-refractivity contribution in [3.63, 3.8) is 0 Å². The Kier molecular flexibility index (Phi) is 5.62. The second-order valence-corrected chi connectivity index (χ2v) is 8.31. The lowest BCUT2D eigenvalue weighted by molar-refractivity contribution is 0.0697. The SMILES string of the molecule is O=C(O)c1cc(S(=O)(=O)NCCN2CCc3ccccc3C2)ccc1Cl. The van der Waals surface area contributed by atoms with E-state index in [1.54, 1.807) is 0 Å². The number of nitrogens with zero attached hydrogens (tertiary/aromatic N) is 1. The highest BCUT2D eigenvalue weighted by Crippen LogP contribution is 2.21. The first kappa shape index (κ1) is 18.8. The molecule has 0 saturated heterocycles. The summed E-state index contributed by atoms with van der Waals surface area (Å²) in [6.45, 7) is 2.49. The van der Waals surface area contributed by atoms with E-state index < -0.39 is 16.0 Å². The molecule has 0 fully saturated rings. The number of carboxylic acid groups (broad SMARTS) is 1. The van der Waals surface area contributed by atoms with Gasteiger partial charge in [0.2, 0.25) is 10.0 Å². The van der Waals surface area contributed by atoms with Gasteiger partial charge in [0, 0.05) is 26.2 Å². The second kappa shape index (κ2) is 7.75. The van der Waals surface area contributed by atoms with E-state index in [9.17, 15) is 13.2 Å². The number of fused-ring (bicyclic) bond motifs is 1. The Morgan fingerprint density at radius 3 is 2.65 bits per heavy atom. The topological polar surface area (TPSA) is 86.7 Å². The third-order valence-corrected chi connectivity index (χ3v) is 6.20. The van der Waals surface area contributed by atoms with Gasteiger partial charge in [-0.05, 0) is 35.7 Å². The van der Waals surface area contributed by atoms with E-state index in [4.69, 9.17) is 16.7 Å². The molecule has 0 aromatic heterocycles. The third kappa shape index (κ3) is 4.24. The zero-order chi connectivity index (χ0) is 18.7. The van der Waals surface area contributed by atoms with Crippen molar-refractivity contribution in [3.8, 4) is 0 Å². The Morgan fingerprint density at radius 2 is 1.92 bits per heavy atom. The molecule has 0 radical (unpaired) electrons. The predicted octanol–water partition coefficient (Wildman–Crippen LogP) is 2.37. The minimum atomic E-state index is -3.79. The molecule has 3 rings (SSSR count). The van der Waals surface area contributed by atoms with Crippen molar-refractivity contribution in [2.75, 3.05) is 19.6 Å². The number of aromatic carboxylic acids is 1.